The van der Waals surface area contributed by atoms with E-state index < -0.39 is 5.97 Å². The number of Topliss-reactive ketones (excluding diaryl/α,β-unsaturated/α-hetero) is 1. The second kappa shape index (κ2) is 12.0. The van der Waals surface area contributed by atoms with Gasteiger partial charge in [-0.1, -0.05) is 38.2 Å². The molecule has 3 fully saturated rings. The number of hydrogen-bond acceptors (Lipinski definition) is 5. The SMILES string of the molecule is Cl.NCC1CCC(C(=O)N2CC[C@@H](C3CCCCC3)[C@H]2C(=O)Cc2ccc3oc(C(=O)O)cc3c2)CC1. The van der Waals surface area contributed by atoms with Gasteiger partial charge in [-0.2, -0.15) is 0 Å². The van der Waals surface area contributed by atoms with Gasteiger partial charge in [0.1, 0.15) is 5.58 Å². The number of furan rings is 1. The fourth-order valence-corrected chi connectivity index (χ4v) is 7.03. The first kappa shape index (κ1) is 27.6. The van der Waals surface area contributed by atoms with Crippen molar-refractivity contribution in [1.29, 1.82) is 0 Å². The van der Waals surface area contributed by atoms with Crippen LogP contribution in [0.25, 0.3) is 11.0 Å². The predicted octanol–water partition coefficient (Wildman–Crippen LogP) is 5.23. The summed E-state index contributed by atoms with van der Waals surface area (Å²) in [6.07, 6.45) is 10.9. The van der Waals surface area contributed by atoms with Gasteiger partial charge in [0.2, 0.25) is 11.7 Å². The molecule has 1 aliphatic heterocycles. The standard InChI is InChI=1S/C29H38N2O5.ClH/c30-17-18-6-9-21(10-7-18)28(33)31-13-12-23(20-4-2-1-3-5-20)27(31)24(32)15-19-8-11-25-22(14-19)16-26(36-25)29(34)35;/h8,11,14,16,18,20-21,23,27H,1-7,9-10,12-13,15,17,30H2,(H,34,35);1H/t18?,21?,23-,27-;/m0./s1. The van der Waals surface area contributed by atoms with E-state index in [9.17, 15) is 19.5 Å². The minimum atomic E-state index is -1.11. The Morgan fingerprint density at radius 2 is 1.70 bits per heavy atom. The van der Waals surface area contributed by atoms with Crippen LogP contribution in [-0.4, -0.2) is 46.8 Å². The molecule has 7 nitrogen and oxygen atoms in total. The van der Waals surface area contributed by atoms with E-state index in [1.165, 1.54) is 25.3 Å². The van der Waals surface area contributed by atoms with Crippen LogP contribution in [0.5, 0.6) is 0 Å². The monoisotopic (exact) mass is 530 g/mol. The zero-order valence-electron chi connectivity index (χ0n) is 21.4. The lowest BCUT2D eigenvalue weighted by Gasteiger charge is -2.36. The third kappa shape index (κ3) is 5.88. The maximum Gasteiger partial charge on any atom is 0.371 e. The molecule has 8 heteroatoms. The molecule has 0 bridgehead atoms. The second-order valence-electron chi connectivity index (χ2n) is 11.2. The molecule has 202 valence electrons. The van der Waals surface area contributed by atoms with Gasteiger partial charge in [-0.05, 0) is 80.2 Å². The van der Waals surface area contributed by atoms with Crippen molar-refractivity contribution in [1.82, 2.24) is 4.90 Å². The van der Waals surface area contributed by atoms with Crippen molar-refractivity contribution in [3.8, 4) is 0 Å². The fourth-order valence-electron chi connectivity index (χ4n) is 7.03. The van der Waals surface area contributed by atoms with E-state index in [1.807, 2.05) is 17.0 Å². The average Bonchev–Trinajstić information content (AvgIpc) is 3.54. The van der Waals surface area contributed by atoms with Gasteiger partial charge < -0.3 is 20.2 Å². The van der Waals surface area contributed by atoms with Crippen LogP contribution in [0, 0.1) is 23.7 Å². The van der Waals surface area contributed by atoms with Gasteiger partial charge in [-0.3, -0.25) is 9.59 Å². The molecule has 0 unspecified atom stereocenters. The van der Waals surface area contributed by atoms with Crippen LogP contribution in [0.3, 0.4) is 0 Å². The Balaban J connectivity index is 0.00000320. The lowest BCUT2D eigenvalue weighted by atomic mass is 9.75. The van der Waals surface area contributed by atoms with Crippen molar-refractivity contribution in [2.75, 3.05) is 13.1 Å². The number of ketones is 1. The van der Waals surface area contributed by atoms with Crippen LogP contribution in [-0.2, 0) is 16.0 Å². The molecule has 1 aromatic carbocycles. The number of halogens is 1. The Hall–Kier alpha value is -2.38. The number of fused-ring (bicyclic) bond motifs is 1. The lowest BCUT2D eigenvalue weighted by Crippen LogP contribution is -2.48. The largest absolute Gasteiger partial charge is 0.475 e. The van der Waals surface area contributed by atoms with Crippen molar-refractivity contribution in [2.24, 2.45) is 29.4 Å². The summed E-state index contributed by atoms with van der Waals surface area (Å²) in [5.41, 5.74) is 7.18. The molecule has 1 aromatic heterocycles. The number of carbonyl (C=O) groups is 3. The van der Waals surface area contributed by atoms with E-state index in [-0.39, 0.29) is 54.2 Å². The summed E-state index contributed by atoms with van der Waals surface area (Å²) in [5.74, 6) is 0.310. The average molecular weight is 531 g/mol. The number of rotatable bonds is 7. The van der Waals surface area contributed by atoms with Crippen LogP contribution in [0.15, 0.2) is 28.7 Å². The number of carbonyl (C=O) groups excluding carboxylic acids is 2. The van der Waals surface area contributed by atoms with Crippen molar-refractivity contribution in [3.63, 3.8) is 0 Å². The summed E-state index contributed by atoms with van der Waals surface area (Å²) >= 11 is 0. The topological polar surface area (TPSA) is 114 Å². The number of hydrogen-bond donors (Lipinski definition) is 2. The zero-order chi connectivity index (χ0) is 25.2. The summed E-state index contributed by atoms with van der Waals surface area (Å²) in [6.45, 7) is 1.36. The summed E-state index contributed by atoms with van der Waals surface area (Å²) < 4.78 is 5.37. The number of likely N-dealkylation sites (tertiary alicyclic amines) is 1. The van der Waals surface area contributed by atoms with Crippen molar-refractivity contribution < 1.29 is 23.9 Å². The first-order valence-electron chi connectivity index (χ1n) is 13.7. The predicted molar refractivity (Wildman–Crippen MR) is 144 cm³/mol. The highest BCUT2D eigenvalue weighted by molar-refractivity contribution is 5.94. The number of nitrogens with zero attached hydrogens (tertiary/aromatic N) is 1. The molecule has 3 N–H and O–H groups in total. The first-order chi connectivity index (χ1) is 17.4. The van der Waals surface area contributed by atoms with Crippen LogP contribution in [0.1, 0.15) is 80.3 Å². The molecule has 5 rings (SSSR count). The molecular weight excluding hydrogens is 492 g/mol. The van der Waals surface area contributed by atoms with Crippen LogP contribution in [0.2, 0.25) is 0 Å². The second-order valence-corrected chi connectivity index (χ2v) is 11.2. The van der Waals surface area contributed by atoms with E-state index in [4.69, 9.17) is 10.2 Å². The minimum Gasteiger partial charge on any atom is -0.475 e. The normalized spacial score (nSPS) is 26.7. The number of carboxylic acids is 1. The number of aromatic carboxylic acids is 1. The van der Waals surface area contributed by atoms with Crippen LogP contribution < -0.4 is 5.73 Å². The minimum absolute atomic E-state index is 0. The summed E-state index contributed by atoms with van der Waals surface area (Å²) in [7, 11) is 0. The molecule has 37 heavy (non-hydrogen) atoms. The van der Waals surface area contributed by atoms with Gasteiger partial charge in [-0.15, -0.1) is 12.4 Å². The van der Waals surface area contributed by atoms with Gasteiger partial charge >= 0.3 is 5.97 Å². The van der Waals surface area contributed by atoms with E-state index in [1.54, 1.807) is 6.07 Å². The molecule has 2 aromatic rings. The highest BCUT2D eigenvalue weighted by atomic mass is 35.5. The molecule has 1 amide bonds. The van der Waals surface area contributed by atoms with Gasteiger partial charge in [0.05, 0.1) is 6.04 Å². The highest BCUT2D eigenvalue weighted by Gasteiger charge is 2.46. The van der Waals surface area contributed by atoms with Gasteiger partial charge in [0.25, 0.3) is 0 Å². The smallest absolute Gasteiger partial charge is 0.371 e. The molecule has 2 saturated carbocycles. The lowest BCUT2D eigenvalue weighted by molar-refractivity contribution is -0.143. The third-order valence-electron chi connectivity index (χ3n) is 9.01. The quantitative estimate of drug-likeness (QED) is 0.507. The highest BCUT2D eigenvalue weighted by Crippen LogP contribution is 2.41. The molecular formula is C29H39ClN2O5. The van der Waals surface area contributed by atoms with Crippen LogP contribution in [0.4, 0.5) is 0 Å². The third-order valence-corrected chi connectivity index (χ3v) is 9.01. The molecule has 2 aliphatic carbocycles. The maximum atomic E-state index is 13.9. The summed E-state index contributed by atoms with van der Waals surface area (Å²) in [6, 6.07) is 6.55. The maximum absolute atomic E-state index is 13.9. The Morgan fingerprint density at radius 3 is 2.38 bits per heavy atom. The number of carboxylic acid groups (broad SMARTS) is 1. The summed E-state index contributed by atoms with van der Waals surface area (Å²) in [5, 5.41) is 9.90. The van der Waals surface area contributed by atoms with Crippen molar-refractivity contribution >= 4 is 41.0 Å². The van der Waals surface area contributed by atoms with E-state index >= 15 is 0 Å². The zero-order valence-corrected chi connectivity index (χ0v) is 22.2. The molecule has 2 atom stereocenters. The number of benzene rings is 1. The van der Waals surface area contributed by atoms with Crippen LogP contribution >= 0.6 is 12.4 Å². The fraction of sp³-hybridized carbons (Fsp3) is 0.621. The van der Waals surface area contributed by atoms with Crippen molar-refractivity contribution in [2.45, 2.75) is 76.7 Å². The molecule has 1 saturated heterocycles. The Bertz CT molecular complexity index is 1120. The molecule has 0 radical (unpaired) electrons. The van der Waals surface area contributed by atoms with Crippen molar-refractivity contribution in [3.05, 3.63) is 35.6 Å². The Labute approximate surface area is 224 Å². The Morgan fingerprint density at radius 1 is 0.973 bits per heavy atom. The van der Waals surface area contributed by atoms with E-state index in [0.717, 1.165) is 50.5 Å². The molecule has 3 aliphatic rings. The van der Waals surface area contributed by atoms with E-state index in [0.29, 0.717) is 35.9 Å². The van der Waals surface area contributed by atoms with Gasteiger partial charge in [-0.25, -0.2) is 4.79 Å². The van der Waals surface area contributed by atoms with Gasteiger partial charge in [0, 0.05) is 24.3 Å². The number of amides is 1. The van der Waals surface area contributed by atoms with E-state index in [2.05, 4.69) is 0 Å². The van der Waals surface area contributed by atoms with Gasteiger partial charge in [0.15, 0.2) is 5.78 Å². The number of nitrogens with two attached hydrogens (primary N) is 1. The molecule has 0 spiro atoms. The summed E-state index contributed by atoms with van der Waals surface area (Å²) in [4.78, 5) is 40.8. The first-order valence-corrected chi connectivity index (χ1v) is 13.7. The Kier molecular flexibility index (Phi) is 8.96. The molecule has 2 heterocycles.